The van der Waals surface area contributed by atoms with Crippen molar-refractivity contribution in [2.75, 3.05) is 0 Å². The molecule has 28 heavy (non-hydrogen) atoms. The summed E-state index contributed by atoms with van der Waals surface area (Å²) in [5, 5.41) is 13.3. The van der Waals surface area contributed by atoms with Crippen LogP contribution in [0.5, 0.6) is 0 Å². The molecule has 0 saturated heterocycles. The second-order valence-corrected chi connectivity index (χ2v) is 8.26. The molecule has 3 aromatic rings. The van der Waals surface area contributed by atoms with Gasteiger partial charge in [-0.3, -0.25) is 9.36 Å². The maximum absolute atomic E-state index is 12.0. The normalized spacial score (nSPS) is 11.0. The third kappa shape index (κ3) is 5.07. The van der Waals surface area contributed by atoms with Gasteiger partial charge in [-0.05, 0) is 23.8 Å². The maximum atomic E-state index is 12.0. The van der Waals surface area contributed by atoms with Crippen molar-refractivity contribution >= 4 is 40.9 Å². The summed E-state index contributed by atoms with van der Waals surface area (Å²) in [6, 6.07) is 15.3. The molecule has 0 saturated carbocycles. The number of thioether (sulfide) groups is 1. The van der Waals surface area contributed by atoms with E-state index < -0.39 is 0 Å². The highest BCUT2D eigenvalue weighted by atomic mass is 35.5. The molecule has 1 amide bonds. The van der Waals surface area contributed by atoms with E-state index in [2.05, 4.69) is 27.6 Å². The number of hydrogen-bond acceptors (Lipinski definition) is 4. The van der Waals surface area contributed by atoms with Crippen LogP contribution in [0.1, 0.15) is 25.2 Å². The largest absolute Gasteiger partial charge is 0.349 e. The van der Waals surface area contributed by atoms with E-state index in [0.717, 1.165) is 5.75 Å². The summed E-state index contributed by atoms with van der Waals surface area (Å²) in [6.45, 7) is 3.93. The molecule has 3 rings (SSSR count). The Hall–Kier alpha value is -2.02. The lowest BCUT2D eigenvalue weighted by molar-refractivity contribution is -0.124. The minimum absolute atomic E-state index is 0.0507. The van der Waals surface area contributed by atoms with Crippen molar-refractivity contribution in [3.8, 4) is 5.69 Å². The van der Waals surface area contributed by atoms with Crippen molar-refractivity contribution in [2.24, 2.45) is 5.92 Å². The monoisotopic (exact) mass is 434 g/mol. The van der Waals surface area contributed by atoms with E-state index in [4.69, 9.17) is 23.2 Å². The number of benzene rings is 2. The molecule has 8 heteroatoms. The summed E-state index contributed by atoms with van der Waals surface area (Å²) < 4.78 is 1.85. The molecule has 1 heterocycles. The Morgan fingerprint density at radius 3 is 2.61 bits per heavy atom. The quantitative estimate of drug-likeness (QED) is 0.522. The molecule has 1 N–H and O–H groups in total. The molecule has 0 aliphatic heterocycles. The molecule has 0 bridgehead atoms. The Labute approximate surface area is 178 Å². The van der Waals surface area contributed by atoms with Crippen molar-refractivity contribution in [3.05, 3.63) is 70.0 Å². The lowest BCUT2D eigenvalue weighted by Crippen LogP contribution is -2.28. The van der Waals surface area contributed by atoms with Gasteiger partial charge in [0.05, 0.1) is 17.3 Å². The van der Waals surface area contributed by atoms with Gasteiger partial charge in [0, 0.05) is 16.7 Å². The topological polar surface area (TPSA) is 59.8 Å². The highest BCUT2D eigenvalue weighted by Crippen LogP contribution is 2.30. The molecule has 146 valence electrons. The predicted octanol–water partition coefficient (Wildman–Crippen LogP) is 5.14. The Morgan fingerprint density at radius 1 is 1.14 bits per heavy atom. The fraction of sp³-hybridized carbons (Fsp3) is 0.250. The standard InChI is InChI=1S/C20H20Cl2N4OS/c1-13(2)19(27)23-11-18-24-25-20(28-12-14-6-4-3-5-7-14)26(18)17-10-15(21)8-9-16(17)22/h3-10,13H,11-12H2,1-2H3,(H,23,27). The van der Waals surface area contributed by atoms with Crippen LogP contribution in [0.4, 0.5) is 0 Å². The smallest absolute Gasteiger partial charge is 0.222 e. The minimum atomic E-state index is -0.113. The fourth-order valence-corrected chi connectivity index (χ4v) is 3.79. The van der Waals surface area contributed by atoms with Gasteiger partial charge in [0.25, 0.3) is 0 Å². The SMILES string of the molecule is CC(C)C(=O)NCc1nnc(SCc2ccccc2)n1-c1cc(Cl)ccc1Cl. The number of carbonyl (C=O) groups excluding carboxylic acids is 1. The van der Waals surface area contributed by atoms with Gasteiger partial charge in [-0.1, -0.05) is 79.1 Å². The molecule has 1 aromatic heterocycles. The third-order valence-electron chi connectivity index (χ3n) is 4.01. The van der Waals surface area contributed by atoms with Crippen molar-refractivity contribution in [2.45, 2.75) is 31.3 Å². The molecule has 0 aliphatic rings. The van der Waals surface area contributed by atoms with Gasteiger partial charge in [-0.2, -0.15) is 0 Å². The van der Waals surface area contributed by atoms with E-state index in [0.29, 0.717) is 26.7 Å². The molecular weight excluding hydrogens is 415 g/mol. The zero-order valence-corrected chi connectivity index (χ0v) is 17.9. The highest BCUT2D eigenvalue weighted by molar-refractivity contribution is 7.98. The van der Waals surface area contributed by atoms with E-state index in [1.165, 1.54) is 5.56 Å². The molecule has 0 atom stereocenters. The Bertz CT molecular complexity index is 960. The molecule has 2 aromatic carbocycles. The number of hydrogen-bond donors (Lipinski definition) is 1. The number of amides is 1. The zero-order valence-electron chi connectivity index (χ0n) is 15.5. The first-order valence-electron chi connectivity index (χ1n) is 8.80. The van der Waals surface area contributed by atoms with E-state index >= 15 is 0 Å². The van der Waals surface area contributed by atoms with Gasteiger partial charge >= 0.3 is 0 Å². The van der Waals surface area contributed by atoms with Crippen LogP contribution in [0.3, 0.4) is 0 Å². The van der Waals surface area contributed by atoms with Gasteiger partial charge in [-0.25, -0.2) is 0 Å². The van der Waals surface area contributed by atoms with Gasteiger partial charge < -0.3 is 5.32 Å². The molecule has 0 aliphatic carbocycles. The van der Waals surface area contributed by atoms with Gasteiger partial charge in [-0.15, -0.1) is 10.2 Å². The first kappa shape index (κ1) is 20.7. The van der Waals surface area contributed by atoms with Crippen molar-refractivity contribution < 1.29 is 4.79 Å². The second-order valence-electron chi connectivity index (χ2n) is 6.48. The van der Waals surface area contributed by atoms with Crippen LogP contribution in [-0.2, 0) is 17.1 Å². The Balaban J connectivity index is 1.93. The first-order valence-corrected chi connectivity index (χ1v) is 10.5. The Kier molecular flexibility index (Phi) is 6.99. The second kappa shape index (κ2) is 9.45. The molecule has 0 radical (unpaired) electrons. The van der Waals surface area contributed by atoms with Crippen LogP contribution in [0.25, 0.3) is 5.69 Å². The first-order chi connectivity index (χ1) is 13.5. The van der Waals surface area contributed by atoms with Crippen molar-refractivity contribution in [3.63, 3.8) is 0 Å². The predicted molar refractivity (Wildman–Crippen MR) is 114 cm³/mol. The zero-order chi connectivity index (χ0) is 20.1. The third-order valence-corrected chi connectivity index (χ3v) is 5.56. The van der Waals surface area contributed by atoms with Crippen LogP contribution in [0.2, 0.25) is 10.0 Å². The molecule has 5 nitrogen and oxygen atoms in total. The molecule has 0 unspecified atom stereocenters. The minimum Gasteiger partial charge on any atom is -0.349 e. The van der Waals surface area contributed by atoms with Crippen molar-refractivity contribution in [1.82, 2.24) is 20.1 Å². The average molecular weight is 435 g/mol. The number of aromatic nitrogens is 3. The highest BCUT2D eigenvalue weighted by Gasteiger charge is 2.18. The van der Waals surface area contributed by atoms with E-state index in [1.807, 2.05) is 36.6 Å². The lowest BCUT2D eigenvalue weighted by atomic mass is 10.2. The van der Waals surface area contributed by atoms with Crippen LogP contribution >= 0.6 is 35.0 Å². The average Bonchev–Trinajstić information content (AvgIpc) is 3.09. The lowest BCUT2D eigenvalue weighted by Gasteiger charge is -2.13. The van der Waals surface area contributed by atoms with Gasteiger partial charge in [0.2, 0.25) is 5.91 Å². The van der Waals surface area contributed by atoms with Crippen LogP contribution in [0.15, 0.2) is 53.7 Å². The number of nitrogens with one attached hydrogen (secondary N) is 1. The van der Waals surface area contributed by atoms with E-state index in [1.54, 1.807) is 30.0 Å². The van der Waals surface area contributed by atoms with Crippen LogP contribution in [-0.4, -0.2) is 20.7 Å². The van der Waals surface area contributed by atoms with Gasteiger partial charge in [0.15, 0.2) is 11.0 Å². The van der Waals surface area contributed by atoms with E-state index in [-0.39, 0.29) is 18.4 Å². The summed E-state index contributed by atoms with van der Waals surface area (Å²) in [5.41, 5.74) is 1.86. The summed E-state index contributed by atoms with van der Waals surface area (Å²) in [7, 11) is 0. The number of carbonyl (C=O) groups is 1. The Morgan fingerprint density at radius 2 is 1.89 bits per heavy atom. The number of rotatable bonds is 7. The van der Waals surface area contributed by atoms with Crippen molar-refractivity contribution in [1.29, 1.82) is 0 Å². The summed E-state index contributed by atoms with van der Waals surface area (Å²) >= 11 is 14.2. The number of nitrogens with zero attached hydrogens (tertiary/aromatic N) is 3. The van der Waals surface area contributed by atoms with E-state index in [9.17, 15) is 4.79 Å². The number of halogens is 2. The molecular formula is C20H20Cl2N4OS. The summed E-state index contributed by atoms with van der Waals surface area (Å²) in [6.07, 6.45) is 0. The molecule has 0 fully saturated rings. The fourth-order valence-electron chi connectivity index (χ4n) is 2.50. The summed E-state index contributed by atoms with van der Waals surface area (Å²) in [4.78, 5) is 12.0. The summed E-state index contributed by atoms with van der Waals surface area (Å²) in [5.74, 6) is 1.16. The van der Waals surface area contributed by atoms with Gasteiger partial charge in [0.1, 0.15) is 0 Å². The molecule has 0 spiro atoms. The van der Waals surface area contributed by atoms with Crippen LogP contribution < -0.4 is 5.32 Å². The maximum Gasteiger partial charge on any atom is 0.222 e. The van der Waals surface area contributed by atoms with Crippen LogP contribution in [0, 0.1) is 5.92 Å².